The van der Waals surface area contributed by atoms with Crippen LogP contribution in [0.2, 0.25) is 0 Å². The van der Waals surface area contributed by atoms with Crippen molar-refractivity contribution in [3.8, 4) is 5.75 Å². The number of halogens is 2. The first-order chi connectivity index (χ1) is 6.67. The Bertz CT molecular complexity index is 337. The van der Waals surface area contributed by atoms with Gasteiger partial charge in [-0.05, 0) is 11.6 Å². The van der Waals surface area contributed by atoms with Gasteiger partial charge < -0.3 is 5.11 Å². The molecule has 0 atom stereocenters. The monoisotopic (exact) mass is 320 g/mol. The molecule has 1 aromatic rings. The van der Waals surface area contributed by atoms with Crippen molar-refractivity contribution in [2.75, 3.05) is 5.33 Å². The van der Waals surface area contributed by atoms with Gasteiger partial charge in [-0.15, -0.1) is 0 Å². The molecule has 0 aliphatic carbocycles. The number of ketones is 1. The highest BCUT2D eigenvalue weighted by molar-refractivity contribution is 9.09. The maximum Gasteiger partial charge on any atom is 0.147 e. The second kappa shape index (κ2) is 5.51. The summed E-state index contributed by atoms with van der Waals surface area (Å²) in [6, 6.07) is 5.22. The third kappa shape index (κ3) is 3.10. The van der Waals surface area contributed by atoms with Crippen molar-refractivity contribution in [2.45, 2.75) is 11.8 Å². The standard InChI is InChI=1S/C10H10Br2O2/c11-5-8-3-7(1-2-10(8)14)4-9(13)6-12/h1-3,14H,4-6H2. The molecule has 1 aromatic carbocycles. The minimum Gasteiger partial charge on any atom is -0.508 e. The number of rotatable bonds is 4. The number of aromatic hydroxyl groups is 1. The second-order valence-electron chi connectivity index (χ2n) is 2.95. The summed E-state index contributed by atoms with van der Waals surface area (Å²) in [7, 11) is 0. The highest BCUT2D eigenvalue weighted by Crippen LogP contribution is 2.21. The van der Waals surface area contributed by atoms with Crippen LogP contribution in [0.1, 0.15) is 11.1 Å². The summed E-state index contributed by atoms with van der Waals surface area (Å²) >= 11 is 6.39. The highest BCUT2D eigenvalue weighted by Gasteiger charge is 2.05. The lowest BCUT2D eigenvalue weighted by Crippen LogP contribution is -2.03. The van der Waals surface area contributed by atoms with Crippen LogP contribution in [-0.2, 0) is 16.5 Å². The Kier molecular flexibility index (Phi) is 4.62. The number of hydrogen-bond acceptors (Lipinski definition) is 2. The zero-order valence-corrected chi connectivity index (χ0v) is 10.6. The van der Waals surface area contributed by atoms with E-state index in [4.69, 9.17) is 0 Å². The van der Waals surface area contributed by atoms with Gasteiger partial charge in [-0.2, -0.15) is 0 Å². The lowest BCUT2D eigenvalue weighted by atomic mass is 10.1. The molecule has 0 radical (unpaired) electrons. The highest BCUT2D eigenvalue weighted by atomic mass is 79.9. The summed E-state index contributed by atoms with van der Waals surface area (Å²) < 4.78 is 0. The van der Waals surface area contributed by atoms with E-state index in [2.05, 4.69) is 31.9 Å². The van der Waals surface area contributed by atoms with Crippen LogP contribution in [0.3, 0.4) is 0 Å². The van der Waals surface area contributed by atoms with Crippen LogP contribution in [0.15, 0.2) is 18.2 Å². The van der Waals surface area contributed by atoms with Crippen molar-refractivity contribution in [1.82, 2.24) is 0 Å². The molecule has 0 fully saturated rings. The molecule has 4 heteroatoms. The van der Waals surface area contributed by atoms with E-state index in [0.29, 0.717) is 17.1 Å². The SMILES string of the molecule is O=C(CBr)Cc1ccc(O)c(CBr)c1. The third-order valence-corrected chi connectivity index (χ3v) is 3.07. The second-order valence-corrected chi connectivity index (χ2v) is 4.07. The Balaban J connectivity index is 2.84. The largest absolute Gasteiger partial charge is 0.508 e. The molecule has 0 amide bonds. The fourth-order valence-electron chi connectivity index (χ4n) is 1.13. The molecule has 0 saturated heterocycles. The predicted molar refractivity (Wildman–Crippen MR) is 63.2 cm³/mol. The van der Waals surface area contributed by atoms with Gasteiger partial charge in [0.15, 0.2) is 0 Å². The molecule has 1 N–H and O–H groups in total. The van der Waals surface area contributed by atoms with Crippen LogP contribution < -0.4 is 0 Å². The number of phenolic OH excluding ortho intramolecular Hbond substituents is 1. The Labute approximate surface area is 99.6 Å². The van der Waals surface area contributed by atoms with Crippen molar-refractivity contribution < 1.29 is 9.90 Å². The quantitative estimate of drug-likeness (QED) is 0.866. The lowest BCUT2D eigenvalue weighted by Gasteiger charge is -2.04. The number of Topliss-reactive ketones (excluding diaryl/α,β-unsaturated/α-hetero) is 1. The summed E-state index contributed by atoms with van der Waals surface area (Å²) in [6.07, 6.45) is 0.408. The first-order valence-corrected chi connectivity index (χ1v) is 6.36. The van der Waals surface area contributed by atoms with E-state index >= 15 is 0 Å². The van der Waals surface area contributed by atoms with E-state index in [9.17, 15) is 9.90 Å². The van der Waals surface area contributed by atoms with Crippen LogP contribution in [0.4, 0.5) is 0 Å². The van der Waals surface area contributed by atoms with Crippen molar-refractivity contribution >= 4 is 37.6 Å². The van der Waals surface area contributed by atoms with Crippen LogP contribution in [0.25, 0.3) is 0 Å². The van der Waals surface area contributed by atoms with Gasteiger partial charge in [0.1, 0.15) is 11.5 Å². The van der Waals surface area contributed by atoms with Gasteiger partial charge >= 0.3 is 0 Å². The maximum absolute atomic E-state index is 11.1. The van der Waals surface area contributed by atoms with Crippen LogP contribution >= 0.6 is 31.9 Å². The summed E-state index contributed by atoms with van der Waals surface area (Å²) in [5, 5.41) is 10.4. The summed E-state index contributed by atoms with van der Waals surface area (Å²) in [6.45, 7) is 0. The lowest BCUT2D eigenvalue weighted by molar-refractivity contribution is -0.115. The molecule has 0 aliphatic rings. The number of carbonyl (C=O) groups is 1. The van der Waals surface area contributed by atoms with Crippen molar-refractivity contribution in [1.29, 1.82) is 0 Å². The molecular weight excluding hydrogens is 312 g/mol. The molecule has 0 aromatic heterocycles. The molecule has 2 nitrogen and oxygen atoms in total. The molecule has 0 aliphatic heterocycles. The number of alkyl halides is 2. The summed E-state index contributed by atoms with van der Waals surface area (Å²) in [5.41, 5.74) is 1.74. The average Bonchev–Trinajstić information content (AvgIpc) is 2.20. The normalized spacial score (nSPS) is 10.1. The smallest absolute Gasteiger partial charge is 0.147 e. The Morgan fingerprint density at radius 3 is 2.64 bits per heavy atom. The molecule has 0 bridgehead atoms. The first kappa shape index (κ1) is 11.7. The predicted octanol–water partition coefficient (Wildman–Crippen LogP) is 2.79. The molecule has 76 valence electrons. The van der Waals surface area contributed by atoms with Gasteiger partial charge in [-0.3, -0.25) is 4.79 Å². The number of carbonyl (C=O) groups excluding carboxylic acids is 1. The maximum atomic E-state index is 11.1. The molecule has 0 spiro atoms. The minimum atomic E-state index is 0.135. The average molecular weight is 322 g/mol. The van der Waals surface area contributed by atoms with Gasteiger partial charge in [0.2, 0.25) is 0 Å². The fourth-order valence-corrected chi connectivity index (χ4v) is 1.78. The van der Waals surface area contributed by atoms with E-state index in [1.807, 2.05) is 6.07 Å². The van der Waals surface area contributed by atoms with Crippen molar-refractivity contribution in [3.63, 3.8) is 0 Å². The van der Waals surface area contributed by atoms with E-state index in [-0.39, 0.29) is 11.5 Å². The summed E-state index contributed by atoms with van der Waals surface area (Å²) in [4.78, 5) is 11.1. The Morgan fingerprint density at radius 1 is 1.36 bits per heavy atom. The van der Waals surface area contributed by atoms with Gasteiger partial charge in [0.05, 0.1) is 5.33 Å². The van der Waals surface area contributed by atoms with E-state index < -0.39 is 0 Å². The zero-order chi connectivity index (χ0) is 10.6. The van der Waals surface area contributed by atoms with Gasteiger partial charge in [0, 0.05) is 17.3 Å². The Hall–Kier alpha value is -0.350. The molecule has 0 unspecified atom stereocenters. The topological polar surface area (TPSA) is 37.3 Å². The van der Waals surface area contributed by atoms with E-state index in [1.54, 1.807) is 12.1 Å². The third-order valence-electron chi connectivity index (χ3n) is 1.84. The molecular formula is C10H10Br2O2. The number of benzene rings is 1. The van der Waals surface area contributed by atoms with E-state index in [0.717, 1.165) is 11.1 Å². The fraction of sp³-hybridized carbons (Fsp3) is 0.300. The molecule has 1 rings (SSSR count). The van der Waals surface area contributed by atoms with Crippen molar-refractivity contribution in [3.05, 3.63) is 29.3 Å². The van der Waals surface area contributed by atoms with Gasteiger partial charge in [0.25, 0.3) is 0 Å². The zero-order valence-electron chi connectivity index (χ0n) is 7.46. The van der Waals surface area contributed by atoms with Crippen LogP contribution in [0, 0.1) is 0 Å². The summed E-state index contributed by atoms with van der Waals surface area (Å²) in [5.74, 6) is 0.396. The molecule has 0 saturated carbocycles. The number of phenols is 1. The van der Waals surface area contributed by atoms with E-state index in [1.165, 1.54) is 0 Å². The van der Waals surface area contributed by atoms with Gasteiger partial charge in [-0.1, -0.05) is 44.0 Å². The molecule has 14 heavy (non-hydrogen) atoms. The minimum absolute atomic E-state index is 0.135. The number of hydrogen-bond donors (Lipinski definition) is 1. The van der Waals surface area contributed by atoms with Crippen LogP contribution in [-0.4, -0.2) is 16.2 Å². The Morgan fingerprint density at radius 2 is 2.07 bits per heavy atom. The first-order valence-electron chi connectivity index (χ1n) is 4.11. The van der Waals surface area contributed by atoms with Crippen LogP contribution in [0.5, 0.6) is 5.75 Å². The molecule has 0 heterocycles. The van der Waals surface area contributed by atoms with Crippen molar-refractivity contribution in [2.24, 2.45) is 0 Å². The van der Waals surface area contributed by atoms with Gasteiger partial charge in [-0.25, -0.2) is 0 Å².